The molecule has 1 aliphatic heterocycles. The maximum Gasteiger partial charge on any atom is 0.263 e. The normalized spacial score (nSPS) is 17.8. The number of rotatable bonds is 6. The second-order valence-electron chi connectivity index (χ2n) is 5.80. The number of fused-ring (bicyclic) bond motifs is 1. The van der Waals surface area contributed by atoms with Crippen molar-refractivity contribution in [3.05, 3.63) is 29.8 Å². The van der Waals surface area contributed by atoms with Gasteiger partial charge in [0.1, 0.15) is 11.9 Å². The van der Waals surface area contributed by atoms with E-state index in [-0.39, 0.29) is 35.0 Å². The van der Waals surface area contributed by atoms with Gasteiger partial charge in [0.2, 0.25) is 5.91 Å². The van der Waals surface area contributed by atoms with Crippen LogP contribution in [0.5, 0.6) is 0 Å². The first-order valence-corrected chi connectivity index (χ1v) is 9.01. The third-order valence-electron chi connectivity index (χ3n) is 3.39. The molecule has 24 heavy (non-hydrogen) atoms. The molecule has 0 aliphatic carbocycles. The summed E-state index contributed by atoms with van der Waals surface area (Å²) in [7, 11) is -3.60. The van der Waals surface area contributed by atoms with Crippen LogP contribution in [0.4, 0.5) is 0 Å². The first-order chi connectivity index (χ1) is 10.8. The zero-order valence-electron chi connectivity index (χ0n) is 13.7. The van der Waals surface area contributed by atoms with Crippen LogP contribution in [-0.4, -0.2) is 39.3 Å². The highest BCUT2D eigenvalue weighted by Gasteiger charge is 2.31. The van der Waals surface area contributed by atoms with E-state index in [0.29, 0.717) is 25.1 Å². The molecule has 1 unspecified atom stereocenters. The minimum atomic E-state index is -3.60. The van der Waals surface area contributed by atoms with Gasteiger partial charge in [-0.2, -0.15) is 0 Å². The van der Waals surface area contributed by atoms with E-state index in [1.165, 1.54) is 6.07 Å². The van der Waals surface area contributed by atoms with Crippen LogP contribution in [-0.2, 0) is 14.8 Å². The number of nitrogens with two attached hydrogens (primary N) is 1. The van der Waals surface area contributed by atoms with Gasteiger partial charge in [0.15, 0.2) is 0 Å². The number of carbonyl (C=O) groups excluding carboxylic acids is 1. The lowest BCUT2D eigenvalue weighted by Gasteiger charge is -2.15. The monoisotopic (exact) mass is 374 g/mol. The van der Waals surface area contributed by atoms with Gasteiger partial charge in [-0.1, -0.05) is 26.0 Å². The van der Waals surface area contributed by atoms with E-state index >= 15 is 0 Å². The molecule has 2 rings (SSSR count). The van der Waals surface area contributed by atoms with Gasteiger partial charge >= 0.3 is 0 Å². The van der Waals surface area contributed by atoms with Crippen LogP contribution >= 0.6 is 12.4 Å². The van der Waals surface area contributed by atoms with E-state index in [4.69, 9.17) is 5.73 Å². The highest BCUT2D eigenvalue weighted by molar-refractivity contribution is 7.90. The lowest BCUT2D eigenvalue weighted by molar-refractivity contribution is -0.122. The molecule has 1 aromatic rings. The zero-order chi connectivity index (χ0) is 17.0. The number of halogens is 1. The van der Waals surface area contributed by atoms with E-state index in [0.717, 1.165) is 0 Å². The summed E-state index contributed by atoms with van der Waals surface area (Å²) in [4.78, 5) is 16.8. The number of amidine groups is 1. The molecule has 1 atom stereocenters. The van der Waals surface area contributed by atoms with Crippen molar-refractivity contribution in [1.82, 2.24) is 10.0 Å². The zero-order valence-corrected chi connectivity index (χ0v) is 15.3. The Balaban J connectivity index is 0.00000288. The van der Waals surface area contributed by atoms with Crippen molar-refractivity contribution in [2.75, 3.05) is 13.1 Å². The Kier molecular flexibility index (Phi) is 7.19. The second kappa shape index (κ2) is 8.46. The summed E-state index contributed by atoms with van der Waals surface area (Å²) < 4.78 is 26.6. The van der Waals surface area contributed by atoms with Gasteiger partial charge < -0.3 is 11.1 Å². The standard InChI is InChI=1S/C15H22N4O3S.ClH/c1-10(2)9-12(15(20)17-8-7-16)18-14-11-5-3-4-6-13(11)23(21,22)19-14;/h3-6,10,12H,7-9,16H2,1-2H3,(H,17,20)(H,18,19);1H. The molecule has 134 valence electrons. The van der Waals surface area contributed by atoms with E-state index in [2.05, 4.69) is 15.0 Å². The Morgan fingerprint density at radius 3 is 2.62 bits per heavy atom. The number of nitrogens with zero attached hydrogens (tertiary/aromatic N) is 1. The number of hydrogen-bond acceptors (Lipinski definition) is 5. The summed E-state index contributed by atoms with van der Waals surface area (Å²) in [5.74, 6) is 0.204. The summed E-state index contributed by atoms with van der Waals surface area (Å²) in [6.07, 6.45) is 0.518. The van der Waals surface area contributed by atoms with E-state index < -0.39 is 16.1 Å². The molecule has 0 bridgehead atoms. The van der Waals surface area contributed by atoms with Gasteiger partial charge in [-0.3, -0.25) is 14.5 Å². The molecule has 1 aromatic carbocycles. The van der Waals surface area contributed by atoms with E-state index in [1.54, 1.807) is 18.2 Å². The number of hydrogen-bond donors (Lipinski definition) is 3. The third kappa shape index (κ3) is 4.68. The lowest BCUT2D eigenvalue weighted by Crippen LogP contribution is -2.38. The highest BCUT2D eigenvalue weighted by Crippen LogP contribution is 2.23. The molecule has 0 radical (unpaired) electrons. The smallest absolute Gasteiger partial charge is 0.263 e. The minimum absolute atomic E-state index is 0. The quantitative estimate of drug-likeness (QED) is 0.677. The van der Waals surface area contributed by atoms with Crippen molar-refractivity contribution in [3.63, 3.8) is 0 Å². The van der Waals surface area contributed by atoms with Crippen molar-refractivity contribution in [2.45, 2.75) is 31.2 Å². The number of nitrogens with one attached hydrogen (secondary N) is 2. The summed E-state index contributed by atoms with van der Waals surface area (Å²) in [5.41, 5.74) is 5.89. The number of sulfonamides is 1. The minimum Gasteiger partial charge on any atom is -0.353 e. The maximum absolute atomic E-state index is 12.2. The van der Waals surface area contributed by atoms with Crippen molar-refractivity contribution in [2.24, 2.45) is 16.6 Å². The second-order valence-corrected chi connectivity index (χ2v) is 7.46. The molecule has 7 nitrogen and oxygen atoms in total. The predicted octanol–water partition coefficient (Wildman–Crippen LogP) is 0.637. The van der Waals surface area contributed by atoms with Gasteiger partial charge in [-0.05, 0) is 24.5 Å². The molecule has 9 heteroatoms. The largest absolute Gasteiger partial charge is 0.353 e. The molecule has 0 spiro atoms. The van der Waals surface area contributed by atoms with E-state index in [1.807, 2.05) is 13.8 Å². The number of amides is 1. The van der Waals surface area contributed by atoms with E-state index in [9.17, 15) is 13.2 Å². The van der Waals surface area contributed by atoms with Crippen LogP contribution in [0, 0.1) is 5.92 Å². The van der Waals surface area contributed by atoms with Crippen LogP contribution < -0.4 is 15.8 Å². The SMILES string of the molecule is CC(C)CC(N=C1NS(=O)(=O)c2ccccc21)C(=O)NCCN.Cl. The molecular weight excluding hydrogens is 352 g/mol. The average Bonchev–Trinajstić information content (AvgIpc) is 2.75. The van der Waals surface area contributed by atoms with Crippen LogP contribution in [0.15, 0.2) is 34.2 Å². The van der Waals surface area contributed by atoms with Crippen LogP contribution in [0.1, 0.15) is 25.8 Å². The van der Waals surface area contributed by atoms with Crippen molar-refractivity contribution in [1.29, 1.82) is 0 Å². The van der Waals surface area contributed by atoms with Crippen molar-refractivity contribution in [3.8, 4) is 0 Å². The van der Waals surface area contributed by atoms with Gasteiger partial charge in [0.25, 0.3) is 10.0 Å². The van der Waals surface area contributed by atoms with Gasteiger partial charge in [-0.25, -0.2) is 8.42 Å². The summed E-state index contributed by atoms with van der Waals surface area (Å²) in [6.45, 7) is 4.67. The summed E-state index contributed by atoms with van der Waals surface area (Å²) in [6, 6.07) is 5.93. The number of aliphatic imine (C=N–C) groups is 1. The first-order valence-electron chi connectivity index (χ1n) is 7.53. The van der Waals surface area contributed by atoms with Crippen LogP contribution in [0.25, 0.3) is 0 Å². The number of benzene rings is 1. The lowest BCUT2D eigenvalue weighted by atomic mass is 10.0. The van der Waals surface area contributed by atoms with Crippen molar-refractivity contribution >= 4 is 34.2 Å². The average molecular weight is 375 g/mol. The van der Waals surface area contributed by atoms with Crippen molar-refractivity contribution < 1.29 is 13.2 Å². The molecule has 0 saturated heterocycles. The van der Waals surface area contributed by atoms with Gasteiger partial charge in [0.05, 0.1) is 4.90 Å². The Morgan fingerprint density at radius 2 is 2.00 bits per heavy atom. The van der Waals surface area contributed by atoms with Gasteiger partial charge in [0, 0.05) is 18.7 Å². The van der Waals surface area contributed by atoms with Crippen LogP contribution in [0.2, 0.25) is 0 Å². The molecule has 0 aromatic heterocycles. The molecule has 1 amide bonds. The Labute approximate surface area is 148 Å². The molecule has 4 N–H and O–H groups in total. The molecule has 1 heterocycles. The fraction of sp³-hybridized carbons (Fsp3) is 0.467. The first kappa shape index (κ1) is 20.4. The fourth-order valence-electron chi connectivity index (χ4n) is 2.36. The van der Waals surface area contributed by atoms with Gasteiger partial charge in [-0.15, -0.1) is 12.4 Å². The molecule has 1 aliphatic rings. The molecular formula is C15H23ClN4O3S. The predicted molar refractivity (Wildman–Crippen MR) is 95.9 cm³/mol. The summed E-state index contributed by atoms with van der Waals surface area (Å²) >= 11 is 0. The molecule has 0 fully saturated rings. The molecule has 0 saturated carbocycles. The fourth-order valence-corrected chi connectivity index (χ4v) is 3.60. The Bertz CT molecular complexity index is 719. The van der Waals surface area contributed by atoms with Crippen LogP contribution in [0.3, 0.4) is 0 Å². The summed E-state index contributed by atoms with van der Waals surface area (Å²) in [5, 5.41) is 2.71. The number of carbonyl (C=O) groups is 1. The maximum atomic E-state index is 12.2. The topological polar surface area (TPSA) is 114 Å². The third-order valence-corrected chi connectivity index (χ3v) is 4.79. The highest BCUT2D eigenvalue weighted by atomic mass is 35.5. The Hall–Kier alpha value is -1.64. The Morgan fingerprint density at radius 1 is 1.33 bits per heavy atom.